The Morgan fingerprint density at radius 2 is 2.07 bits per heavy atom. The predicted molar refractivity (Wildman–Crippen MR) is 95.3 cm³/mol. The van der Waals surface area contributed by atoms with Crippen LogP contribution < -0.4 is 4.74 Å². The van der Waals surface area contributed by atoms with Crippen molar-refractivity contribution in [3.63, 3.8) is 0 Å². The minimum atomic E-state index is -1.00. The van der Waals surface area contributed by atoms with Gasteiger partial charge in [0.15, 0.2) is 17.4 Å². The number of hydrogen-bond donors (Lipinski definition) is 1. The van der Waals surface area contributed by atoms with E-state index < -0.39 is 17.8 Å². The number of ether oxygens (including phenoxy) is 1. The third kappa shape index (κ3) is 4.10. The lowest BCUT2D eigenvalue weighted by Crippen LogP contribution is -2.39. The number of halogens is 1. The van der Waals surface area contributed by atoms with E-state index in [9.17, 15) is 14.3 Å². The molecule has 1 aliphatic rings. The fourth-order valence-corrected chi connectivity index (χ4v) is 3.41. The van der Waals surface area contributed by atoms with E-state index in [-0.39, 0.29) is 17.6 Å². The first-order chi connectivity index (χ1) is 12.9. The van der Waals surface area contributed by atoms with Gasteiger partial charge in [-0.2, -0.15) is 4.98 Å². The monoisotopic (exact) mass is 377 g/mol. The molecule has 1 fully saturated rings. The summed E-state index contributed by atoms with van der Waals surface area (Å²) in [5.41, 5.74) is 0.402. The van der Waals surface area contributed by atoms with Crippen LogP contribution in [0.25, 0.3) is 0 Å². The van der Waals surface area contributed by atoms with E-state index in [1.54, 1.807) is 6.07 Å². The first-order valence-corrected chi connectivity index (χ1v) is 9.04. The van der Waals surface area contributed by atoms with Crippen molar-refractivity contribution in [2.24, 2.45) is 0 Å². The fraction of sp³-hybridized carbons (Fsp3) is 0.526. The minimum absolute atomic E-state index is 0.0962. The van der Waals surface area contributed by atoms with Gasteiger partial charge in [-0.05, 0) is 30.5 Å². The van der Waals surface area contributed by atoms with Gasteiger partial charge in [-0.25, -0.2) is 4.39 Å². The van der Waals surface area contributed by atoms with E-state index in [0.29, 0.717) is 43.2 Å². The zero-order valence-corrected chi connectivity index (χ0v) is 15.7. The molecule has 1 saturated heterocycles. The molecule has 1 aromatic carbocycles. The number of hydrogen-bond acceptors (Lipinski definition) is 6. The first kappa shape index (κ1) is 19.3. The van der Waals surface area contributed by atoms with Crippen molar-refractivity contribution in [3.8, 4) is 5.75 Å². The molecule has 27 heavy (non-hydrogen) atoms. The zero-order valence-electron chi connectivity index (χ0n) is 15.7. The summed E-state index contributed by atoms with van der Waals surface area (Å²) in [6.07, 6.45) is 1.42. The van der Waals surface area contributed by atoms with Gasteiger partial charge < -0.3 is 14.4 Å². The summed E-state index contributed by atoms with van der Waals surface area (Å²) in [5, 5.41) is 13.7. The molecule has 8 heteroatoms. The van der Waals surface area contributed by atoms with Crippen molar-refractivity contribution in [1.29, 1.82) is 0 Å². The first-order valence-electron chi connectivity index (χ1n) is 9.04. The minimum Gasteiger partial charge on any atom is -0.494 e. The highest BCUT2D eigenvalue weighted by Crippen LogP contribution is 2.33. The highest BCUT2D eigenvalue weighted by molar-refractivity contribution is 5.75. The molecule has 1 aliphatic heterocycles. The van der Waals surface area contributed by atoms with Gasteiger partial charge in [0.1, 0.15) is 6.04 Å². The Bertz CT molecular complexity index is 800. The number of piperidine rings is 1. The summed E-state index contributed by atoms with van der Waals surface area (Å²) >= 11 is 0. The number of carboxylic acids is 1. The Hall–Kier alpha value is -2.48. The molecule has 1 unspecified atom stereocenters. The SMILES string of the molecule is COc1ccc(C(C(=O)O)N2CCC(c3nc(C(C)C)no3)CC2)cc1F. The van der Waals surface area contributed by atoms with E-state index in [1.165, 1.54) is 19.2 Å². The van der Waals surface area contributed by atoms with Crippen LogP contribution in [-0.2, 0) is 4.79 Å². The maximum absolute atomic E-state index is 14.0. The van der Waals surface area contributed by atoms with Gasteiger partial charge in [-0.1, -0.05) is 25.1 Å². The van der Waals surface area contributed by atoms with Crippen LogP contribution in [0.4, 0.5) is 4.39 Å². The van der Waals surface area contributed by atoms with Gasteiger partial charge in [-0.15, -0.1) is 0 Å². The number of carbonyl (C=O) groups is 1. The lowest BCUT2D eigenvalue weighted by Gasteiger charge is -2.34. The summed E-state index contributed by atoms with van der Waals surface area (Å²) in [5.74, 6) is 0.137. The Morgan fingerprint density at radius 3 is 2.59 bits per heavy atom. The molecular formula is C19H24FN3O4. The summed E-state index contributed by atoms with van der Waals surface area (Å²) in [4.78, 5) is 18.2. The second kappa shape index (κ2) is 8.04. The third-order valence-corrected chi connectivity index (χ3v) is 4.94. The topological polar surface area (TPSA) is 88.7 Å². The average molecular weight is 377 g/mol. The molecule has 0 amide bonds. The molecule has 0 saturated carbocycles. The van der Waals surface area contributed by atoms with Crippen LogP contribution in [0.2, 0.25) is 0 Å². The Balaban J connectivity index is 1.72. The van der Waals surface area contributed by atoms with Gasteiger partial charge in [-0.3, -0.25) is 9.69 Å². The number of aliphatic carboxylic acids is 1. The van der Waals surface area contributed by atoms with E-state index in [1.807, 2.05) is 18.7 Å². The molecule has 0 radical (unpaired) electrons. The third-order valence-electron chi connectivity index (χ3n) is 4.94. The van der Waals surface area contributed by atoms with Crippen molar-refractivity contribution in [2.45, 2.75) is 44.6 Å². The Labute approximate surface area is 157 Å². The van der Waals surface area contributed by atoms with Crippen molar-refractivity contribution in [2.75, 3.05) is 20.2 Å². The summed E-state index contributed by atoms with van der Waals surface area (Å²) in [7, 11) is 1.37. The highest BCUT2D eigenvalue weighted by atomic mass is 19.1. The molecule has 1 N–H and O–H groups in total. The summed E-state index contributed by atoms with van der Waals surface area (Å²) < 4.78 is 24.3. The molecule has 2 aromatic rings. The van der Waals surface area contributed by atoms with Crippen molar-refractivity contribution < 1.29 is 23.6 Å². The van der Waals surface area contributed by atoms with Gasteiger partial charge in [0.05, 0.1) is 7.11 Å². The predicted octanol–water partition coefficient (Wildman–Crippen LogP) is 3.35. The van der Waals surface area contributed by atoms with Crippen LogP contribution >= 0.6 is 0 Å². The van der Waals surface area contributed by atoms with Crippen LogP contribution in [0.5, 0.6) is 5.75 Å². The van der Waals surface area contributed by atoms with E-state index in [2.05, 4.69) is 10.1 Å². The zero-order chi connectivity index (χ0) is 19.6. The van der Waals surface area contributed by atoms with Crippen molar-refractivity contribution in [3.05, 3.63) is 41.3 Å². The number of aromatic nitrogens is 2. The standard InChI is InChI=1S/C19H24FN3O4/c1-11(2)17-21-18(27-22-17)12-6-8-23(9-7-12)16(19(24)25)13-4-5-15(26-3)14(20)10-13/h4-5,10-12,16H,6-9H2,1-3H3,(H,24,25). The molecule has 146 valence electrons. The van der Waals surface area contributed by atoms with Gasteiger partial charge in [0, 0.05) is 24.9 Å². The molecule has 0 bridgehead atoms. The molecule has 0 aliphatic carbocycles. The van der Waals surface area contributed by atoms with Crippen LogP contribution in [0.3, 0.4) is 0 Å². The van der Waals surface area contributed by atoms with Gasteiger partial charge >= 0.3 is 5.97 Å². The molecule has 1 aromatic heterocycles. The van der Waals surface area contributed by atoms with Gasteiger partial charge in [0.2, 0.25) is 5.89 Å². The van der Waals surface area contributed by atoms with Crippen LogP contribution in [0, 0.1) is 5.82 Å². The fourth-order valence-electron chi connectivity index (χ4n) is 3.41. The molecule has 2 heterocycles. The second-order valence-electron chi connectivity index (χ2n) is 7.09. The quantitative estimate of drug-likeness (QED) is 0.826. The molecule has 0 spiro atoms. The lowest BCUT2D eigenvalue weighted by molar-refractivity contribution is -0.144. The van der Waals surface area contributed by atoms with Gasteiger partial charge in [0.25, 0.3) is 0 Å². The van der Waals surface area contributed by atoms with E-state index >= 15 is 0 Å². The van der Waals surface area contributed by atoms with Crippen molar-refractivity contribution >= 4 is 5.97 Å². The van der Waals surface area contributed by atoms with E-state index in [4.69, 9.17) is 9.26 Å². The lowest BCUT2D eigenvalue weighted by atomic mass is 9.94. The molecule has 7 nitrogen and oxygen atoms in total. The summed E-state index contributed by atoms with van der Waals surface area (Å²) in [6, 6.07) is 3.38. The molecular weight excluding hydrogens is 353 g/mol. The number of likely N-dealkylation sites (tertiary alicyclic amines) is 1. The van der Waals surface area contributed by atoms with Crippen molar-refractivity contribution in [1.82, 2.24) is 15.0 Å². The second-order valence-corrected chi connectivity index (χ2v) is 7.09. The number of benzene rings is 1. The maximum Gasteiger partial charge on any atom is 0.325 e. The number of methoxy groups -OCH3 is 1. The Kier molecular flexibility index (Phi) is 5.74. The van der Waals surface area contributed by atoms with E-state index in [0.717, 1.165) is 0 Å². The largest absolute Gasteiger partial charge is 0.494 e. The smallest absolute Gasteiger partial charge is 0.325 e. The molecule has 3 rings (SSSR count). The summed E-state index contributed by atoms with van der Waals surface area (Å²) in [6.45, 7) is 5.11. The maximum atomic E-state index is 14.0. The van der Waals surface area contributed by atoms with Crippen LogP contribution in [-0.4, -0.2) is 46.3 Å². The molecule has 1 atom stereocenters. The number of carboxylic acid groups (broad SMARTS) is 1. The number of rotatable bonds is 6. The Morgan fingerprint density at radius 1 is 1.37 bits per heavy atom. The average Bonchev–Trinajstić information content (AvgIpc) is 3.13. The number of nitrogens with zero attached hydrogens (tertiary/aromatic N) is 3. The highest BCUT2D eigenvalue weighted by Gasteiger charge is 2.33. The van der Waals surface area contributed by atoms with Crippen LogP contribution in [0.1, 0.15) is 61.8 Å². The normalized spacial score (nSPS) is 17.2. The van der Waals surface area contributed by atoms with Crippen LogP contribution in [0.15, 0.2) is 22.7 Å².